The summed E-state index contributed by atoms with van der Waals surface area (Å²) in [5, 5.41) is 17.3. The van der Waals surface area contributed by atoms with E-state index in [0.717, 1.165) is 31.2 Å². The summed E-state index contributed by atoms with van der Waals surface area (Å²) >= 11 is 0. The lowest BCUT2D eigenvalue weighted by Crippen LogP contribution is -2.21. The van der Waals surface area contributed by atoms with Crippen LogP contribution in [0.15, 0.2) is 12.1 Å². The highest BCUT2D eigenvalue weighted by molar-refractivity contribution is 5.95. The Labute approximate surface area is 116 Å². The topological polar surface area (TPSA) is 84.3 Å². The molecule has 1 aromatic rings. The van der Waals surface area contributed by atoms with Crippen LogP contribution in [0.25, 0.3) is 0 Å². The summed E-state index contributed by atoms with van der Waals surface area (Å²) in [5.41, 5.74) is 2.16. The third-order valence-electron chi connectivity index (χ3n) is 4.03. The summed E-state index contributed by atoms with van der Waals surface area (Å²) in [6.45, 7) is 0. The van der Waals surface area contributed by atoms with E-state index < -0.39 is 0 Å². The molecule has 2 aliphatic rings. The van der Waals surface area contributed by atoms with Crippen molar-refractivity contribution in [1.82, 2.24) is 0 Å². The molecule has 3 rings (SSSR count). The van der Waals surface area contributed by atoms with E-state index in [2.05, 4.69) is 10.6 Å². The molecule has 0 aromatic heterocycles. The van der Waals surface area contributed by atoms with Gasteiger partial charge in [-0.2, -0.15) is 0 Å². The molecule has 0 spiro atoms. The largest absolute Gasteiger partial charge is 0.377 e. The SMILES string of the molecule is O=C1CCc2cc([N+](=O)[O-])c(NC3CCCC3)cc2N1. The highest BCUT2D eigenvalue weighted by atomic mass is 16.6. The lowest BCUT2D eigenvalue weighted by molar-refractivity contribution is -0.384. The number of benzene rings is 1. The van der Waals surface area contributed by atoms with Gasteiger partial charge >= 0.3 is 0 Å². The number of fused-ring (bicyclic) bond motifs is 1. The second-order valence-corrected chi connectivity index (χ2v) is 5.46. The summed E-state index contributed by atoms with van der Waals surface area (Å²) in [4.78, 5) is 22.3. The summed E-state index contributed by atoms with van der Waals surface area (Å²) in [7, 11) is 0. The van der Waals surface area contributed by atoms with Crippen LogP contribution in [0, 0.1) is 10.1 Å². The number of hydrogen-bond donors (Lipinski definition) is 2. The second kappa shape index (κ2) is 5.11. The molecule has 1 fully saturated rings. The van der Waals surface area contributed by atoms with Gasteiger partial charge in [-0.15, -0.1) is 0 Å². The van der Waals surface area contributed by atoms with Gasteiger partial charge in [0.1, 0.15) is 5.69 Å². The van der Waals surface area contributed by atoms with E-state index in [9.17, 15) is 14.9 Å². The number of rotatable bonds is 3. The maximum atomic E-state index is 11.4. The summed E-state index contributed by atoms with van der Waals surface area (Å²) in [6, 6.07) is 3.60. The minimum Gasteiger partial charge on any atom is -0.377 e. The first-order chi connectivity index (χ1) is 9.63. The zero-order valence-electron chi connectivity index (χ0n) is 11.1. The van der Waals surface area contributed by atoms with E-state index in [1.807, 2.05) is 0 Å². The van der Waals surface area contributed by atoms with E-state index in [-0.39, 0.29) is 16.5 Å². The van der Waals surface area contributed by atoms with Crippen LogP contribution in [0.4, 0.5) is 17.1 Å². The Bertz CT molecular complexity index is 565. The molecule has 1 saturated carbocycles. The van der Waals surface area contributed by atoms with Gasteiger partial charge in [-0.25, -0.2) is 0 Å². The summed E-state index contributed by atoms with van der Waals surface area (Å²) < 4.78 is 0. The Balaban J connectivity index is 1.95. The van der Waals surface area contributed by atoms with Crippen LogP contribution in [0.3, 0.4) is 0 Å². The number of amides is 1. The van der Waals surface area contributed by atoms with Crippen molar-refractivity contribution in [2.45, 2.75) is 44.6 Å². The molecule has 106 valence electrons. The van der Waals surface area contributed by atoms with Gasteiger partial charge < -0.3 is 10.6 Å². The molecule has 6 heteroatoms. The molecule has 1 aromatic carbocycles. The third kappa shape index (κ3) is 2.45. The highest BCUT2D eigenvalue weighted by Gasteiger charge is 2.24. The van der Waals surface area contributed by atoms with Gasteiger partial charge in [0.25, 0.3) is 5.69 Å². The molecule has 0 unspecified atom stereocenters. The molecule has 0 bridgehead atoms. The predicted molar refractivity (Wildman–Crippen MR) is 75.9 cm³/mol. The van der Waals surface area contributed by atoms with E-state index in [4.69, 9.17) is 0 Å². The van der Waals surface area contributed by atoms with E-state index in [0.29, 0.717) is 30.3 Å². The predicted octanol–water partition coefficient (Wildman–Crippen LogP) is 2.83. The molecule has 1 heterocycles. The summed E-state index contributed by atoms with van der Waals surface area (Å²) in [5.74, 6) is -0.0295. The number of nitrogens with one attached hydrogen (secondary N) is 2. The van der Waals surface area contributed by atoms with Gasteiger partial charge in [-0.1, -0.05) is 12.8 Å². The average molecular weight is 275 g/mol. The van der Waals surface area contributed by atoms with Crippen molar-refractivity contribution in [3.63, 3.8) is 0 Å². The normalized spacial score (nSPS) is 18.5. The fraction of sp³-hybridized carbons (Fsp3) is 0.500. The first-order valence-electron chi connectivity index (χ1n) is 7.01. The highest BCUT2D eigenvalue weighted by Crippen LogP contribution is 2.35. The van der Waals surface area contributed by atoms with Gasteiger partial charge in [0.2, 0.25) is 5.91 Å². The number of hydrogen-bond acceptors (Lipinski definition) is 4. The summed E-state index contributed by atoms with van der Waals surface area (Å²) in [6.07, 6.45) is 5.35. The minimum atomic E-state index is -0.353. The molecular weight excluding hydrogens is 258 g/mol. The average Bonchev–Trinajstić information content (AvgIpc) is 2.90. The minimum absolute atomic E-state index is 0.0295. The van der Waals surface area contributed by atoms with Crippen molar-refractivity contribution in [2.24, 2.45) is 0 Å². The van der Waals surface area contributed by atoms with Crippen molar-refractivity contribution < 1.29 is 9.72 Å². The fourth-order valence-corrected chi connectivity index (χ4v) is 2.97. The lowest BCUT2D eigenvalue weighted by atomic mass is 10.0. The first-order valence-corrected chi connectivity index (χ1v) is 7.01. The van der Waals surface area contributed by atoms with Crippen LogP contribution >= 0.6 is 0 Å². The molecule has 0 radical (unpaired) electrons. The molecular formula is C14H17N3O3. The number of nitro benzene ring substituents is 1. The maximum Gasteiger partial charge on any atom is 0.292 e. The first kappa shape index (κ1) is 12.9. The van der Waals surface area contributed by atoms with Crippen molar-refractivity contribution in [3.05, 3.63) is 27.8 Å². The van der Waals surface area contributed by atoms with E-state index >= 15 is 0 Å². The standard InChI is InChI=1S/C14H17N3O3/c18-14-6-5-9-7-13(17(19)20)12(8-11(9)16-14)15-10-3-1-2-4-10/h7-8,10,15H,1-6H2,(H,16,18). The Hall–Kier alpha value is -2.11. The number of nitrogens with zero attached hydrogens (tertiary/aromatic N) is 1. The van der Waals surface area contributed by atoms with Gasteiger partial charge in [0.15, 0.2) is 0 Å². The fourth-order valence-electron chi connectivity index (χ4n) is 2.97. The van der Waals surface area contributed by atoms with Gasteiger partial charge in [0.05, 0.1) is 4.92 Å². The molecule has 2 N–H and O–H groups in total. The monoisotopic (exact) mass is 275 g/mol. The zero-order chi connectivity index (χ0) is 14.1. The molecule has 1 aliphatic heterocycles. The van der Waals surface area contributed by atoms with Crippen molar-refractivity contribution in [3.8, 4) is 0 Å². The van der Waals surface area contributed by atoms with Crippen LogP contribution < -0.4 is 10.6 Å². The van der Waals surface area contributed by atoms with Crippen molar-refractivity contribution >= 4 is 23.0 Å². The Morgan fingerprint density at radius 3 is 2.70 bits per heavy atom. The molecule has 1 aliphatic carbocycles. The Kier molecular flexibility index (Phi) is 3.30. The van der Waals surface area contributed by atoms with E-state index in [1.54, 1.807) is 12.1 Å². The number of anilines is 2. The molecule has 20 heavy (non-hydrogen) atoms. The van der Waals surface area contributed by atoms with Crippen LogP contribution in [-0.4, -0.2) is 16.9 Å². The van der Waals surface area contributed by atoms with Gasteiger partial charge in [-0.05, 0) is 30.9 Å². The molecule has 1 amide bonds. The maximum absolute atomic E-state index is 11.4. The van der Waals surface area contributed by atoms with Gasteiger partial charge in [0, 0.05) is 24.2 Å². The Morgan fingerprint density at radius 2 is 2.00 bits per heavy atom. The molecule has 0 atom stereocenters. The lowest BCUT2D eigenvalue weighted by Gasteiger charge is -2.20. The quantitative estimate of drug-likeness (QED) is 0.656. The number of carbonyl (C=O) groups is 1. The number of aryl methyl sites for hydroxylation is 1. The van der Waals surface area contributed by atoms with Crippen LogP contribution in [0.2, 0.25) is 0 Å². The van der Waals surface area contributed by atoms with Crippen LogP contribution in [-0.2, 0) is 11.2 Å². The molecule has 6 nitrogen and oxygen atoms in total. The van der Waals surface area contributed by atoms with Crippen molar-refractivity contribution in [1.29, 1.82) is 0 Å². The second-order valence-electron chi connectivity index (χ2n) is 5.46. The van der Waals surface area contributed by atoms with Gasteiger partial charge in [-0.3, -0.25) is 14.9 Å². The number of carbonyl (C=O) groups excluding carboxylic acids is 1. The van der Waals surface area contributed by atoms with E-state index in [1.165, 1.54) is 0 Å². The molecule has 0 saturated heterocycles. The van der Waals surface area contributed by atoms with Crippen molar-refractivity contribution in [2.75, 3.05) is 10.6 Å². The van der Waals surface area contributed by atoms with Crippen LogP contribution in [0.1, 0.15) is 37.7 Å². The zero-order valence-corrected chi connectivity index (χ0v) is 11.1. The van der Waals surface area contributed by atoms with Crippen LogP contribution in [0.5, 0.6) is 0 Å². The number of nitro groups is 1. The smallest absolute Gasteiger partial charge is 0.292 e. The Morgan fingerprint density at radius 1 is 1.25 bits per heavy atom. The third-order valence-corrected chi connectivity index (χ3v) is 4.03.